The summed E-state index contributed by atoms with van der Waals surface area (Å²) in [5.41, 5.74) is 8.60. The molecule has 5 rings (SSSR count). The summed E-state index contributed by atoms with van der Waals surface area (Å²) in [5, 5.41) is 11.8. The molecule has 2 N–H and O–H groups in total. The average Bonchev–Trinajstić information content (AvgIpc) is 3.50. The van der Waals surface area contributed by atoms with E-state index in [1.165, 1.54) is 0 Å². The number of fused-ring (bicyclic) bond motifs is 2. The number of hydrazone groups is 1. The van der Waals surface area contributed by atoms with E-state index in [0.29, 0.717) is 41.5 Å². The third-order valence-corrected chi connectivity index (χ3v) is 6.16. The zero-order valence-electron chi connectivity index (χ0n) is 20.1. The average molecular weight is 475 g/mol. The molecule has 0 saturated carbocycles. The van der Waals surface area contributed by atoms with Crippen LogP contribution in [0.4, 0.5) is 5.82 Å². The molecular weight excluding hydrogens is 448 g/mol. The SMILES string of the molecule is Cc1cc(C)c2c(CC(=O)N/N=C3\CCCc4oc(C(=O)Nc5cc(C)on5)c(C)c43)coc2c1. The lowest BCUT2D eigenvalue weighted by atomic mass is 9.93. The molecule has 2 amide bonds. The summed E-state index contributed by atoms with van der Waals surface area (Å²) < 4.78 is 16.6. The second-order valence-corrected chi connectivity index (χ2v) is 8.97. The number of anilines is 1. The Labute approximate surface area is 201 Å². The quantitative estimate of drug-likeness (QED) is 0.397. The third kappa shape index (κ3) is 4.37. The molecule has 0 atom stereocenters. The second kappa shape index (κ2) is 8.90. The fourth-order valence-corrected chi connectivity index (χ4v) is 4.69. The van der Waals surface area contributed by atoms with Crippen LogP contribution >= 0.6 is 0 Å². The Morgan fingerprint density at radius 3 is 2.71 bits per heavy atom. The molecule has 1 aliphatic carbocycles. The summed E-state index contributed by atoms with van der Waals surface area (Å²) in [5.74, 6) is 1.15. The van der Waals surface area contributed by atoms with Gasteiger partial charge in [-0.3, -0.25) is 9.59 Å². The Hall–Kier alpha value is -4.14. The van der Waals surface area contributed by atoms with E-state index >= 15 is 0 Å². The highest BCUT2D eigenvalue weighted by Crippen LogP contribution is 2.30. The number of hydrogen-bond donors (Lipinski definition) is 2. The topological polar surface area (TPSA) is 123 Å². The van der Waals surface area contributed by atoms with Crippen molar-refractivity contribution in [2.45, 2.75) is 53.4 Å². The van der Waals surface area contributed by atoms with Crippen LogP contribution in [0, 0.1) is 27.7 Å². The van der Waals surface area contributed by atoms with Crippen LogP contribution in [0.25, 0.3) is 11.0 Å². The van der Waals surface area contributed by atoms with E-state index in [-0.39, 0.29) is 18.1 Å². The van der Waals surface area contributed by atoms with Crippen molar-refractivity contribution in [3.8, 4) is 0 Å². The maximum absolute atomic E-state index is 12.8. The fraction of sp³-hybridized carbons (Fsp3) is 0.308. The number of nitrogens with one attached hydrogen (secondary N) is 2. The smallest absolute Gasteiger partial charge is 0.292 e. The van der Waals surface area contributed by atoms with Crippen molar-refractivity contribution < 1.29 is 22.9 Å². The molecule has 0 spiro atoms. The molecule has 9 nitrogen and oxygen atoms in total. The number of benzene rings is 1. The minimum Gasteiger partial charge on any atom is -0.464 e. The minimum absolute atomic E-state index is 0.148. The highest BCUT2D eigenvalue weighted by molar-refractivity contribution is 6.09. The second-order valence-electron chi connectivity index (χ2n) is 8.97. The monoisotopic (exact) mass is 474 g/mol. The van der Waals surface area contributed by atoms with Gasteiger partial charge in [-0.25, -0.2) is 5.43 Å². The first-order valence-corrected chi connectivity index (χ1v) is 11.5. The van der Waals surface area contributed by atoms with Crippen LogP contribution in [0.3, 0.4) is 0 Å². The Balaban J connectivity index is 1.34. The molecule has 180 valence electrons. The van der Waals surface area contributed by atoms with Crippen LogP contribution < -0.4 is 10.7 Å². The molecule has 0 bridgehead atoms. The van der Waals surface area contributed by atoms with E-state index in [1.807, 2.05) is 26.8 Å². The molecule has 3 aromatic heterocycles. The summed E-state index contributed by atoms with van der Waals surface area (Å²) in [6, 6.07) is 5.67. The van der Waals surface area contributed by atoms with E-state index in [1.54, 1.807) is 19.3 Å². The zero-order chi connectivity index (χ0) is 24.7. The van der Waals surface area contributed by atoms with Crippen LogP contribution in [0.15, 0.2) is 42.9 Å². The Morgan fingerprint density at radius 1 is 1.11 bits per heavy atom. The number of nitrogens with zero attached hydrogens (tertiary/aromatic N) is 2. The van der Waals surface area contributed by atoms with Gasteiger partial charge in [0.05, 0.1) is 18.4 Å². The predicted molar refractivity (Wildman–Crippen MR) is 130 cm³/mol. The van der Waals surface area contributed by atoms with Crippen LogP contribution in [0.1, 0.15) is 62.7 Å². The first kappa shape index (κ1) is 22.6. The van der Waals surface area contributed by atoms with Crippen molar-refractivity contribution >= 4 is 34.3 Å². The molecule has 0 aliphatic heterocycles. The van der Waals surface area contributed by atoms with Gasteiger partial charge in [-0.1, -0.05) is 11.2 Å². The van der Waals surface area contributed by atoms with Crippen molar-refractivity contribution in [2.24, 2.45) is 5.10 Å². The minimum atomic E-state index is -0.411. The van der Waals surface area contributed by atoms with Crippen molar-refractivity contribution in [2.75, 3.05) is 5.32 Å². The molecule has 0 saturated heterocycles. The molecule has 35 heavy (non-hydrogen) atoms. The molecule has 4 aromatic rings. The standard InChI is InChI=1S/C26H26N4O5/c1-13-8-14(2)23-17(12-33-20(23)9-13)11-22(31)29-28-18-6-5-7-19-24(18)16(4)25(34-19)26(32)27-21-10-15(3)35-30-21/h8-10,12H,5-7,11H2,1-4H3,(H,29,31)(H,27,30,32)/b28-18+. The maximum Gasteiger partial charge on any atom is 0.292 e. The van der Waals surface area contributed by atoms with Gasteiger partial charge in [-0.05, 0) is 57.7 Å². The van der Waals surface area contributed by atoms with Gasteiger partial charge < -0.3 is 18.7 Å². The molecule has 0 unspecified atom stereocenters. The van der Waals surface area contributed by atoms with Gasteiger partial charge in [-0.2, -0.15) is 5.10 Å². The first-order valence-electron chi connectivity index (χ1n) is 11.5. The summed E-state index contributed by atoms with van der Waals surface area (Å²) in [6.45, 7) is 7.58. The summed E-state index contributed by atoms with van der Waals surface area (Å²) >= 11 is 0. The number of aryl methyl sites for hydroxylation is 4. The van der Waals surface area contributed by atoms with E-state index in [9.17, 15) is 9.59 Å². The van der Waals surface area contributed by atoms with Gasteiger partial charge in [0.2, 0.25) is 5.91 Å². The van der Waals surface area contributed by atoms with Gasteiger partial charge in [0.15, 0.2) is 11.6 Å². The molecule has 9 heteroatoms. The predicted octanol–water partition coefficient (Wildman–Crippen LogP) is 4.90. The largest absolute Gasteiger partial charge is 0.464 e. The van der Waals surface area contributed by atoms with E-state index in [2.05, 4.69) is 27.1 Å². The van der Waals surface area contributed by atoms with E-state index in [4.69, 9.17) is 13.4 Å². The fourth-order valence-electron chi connectivity index (χ4n) is 4.69. The van der Waals surface area contributed by atoms with Crippen molar-refractivity contribution in [3.63, 3.8) is 0 Å². The van der Waals surface area contributed by atoms with Crippen LogP contribution in [-0.2, 0) is 17.6 Å². The molecule has 1 aliphatic rings. The van der Waals surface area contributed by atoms with Crippen molar-refractivity contribution in [1.82, 2.24) is 10.6 Å². The molecular formula is C26H26N4O5. The number of amides is 2. The molecule has 3 heterocycles. The van der Waals surface area contributed by atoms with Gasteiger partial charge in [0, 0.05) is 34.6 Å². The Morgan fingerprint density at radius 2 is 1.94 bits per heavy atom. The van der Waals surface area contributed by atoms with Gasteiger partial charge in [0.1, 0.15) is 17.1 Å². The first-order chi connectivity index (χ1) is 16.8. The maximum atomic E-state index is 12.8. The highest BCUT2D eigenvalue weighted by atomic mass is 16.5. The van der Waals surface area contributed by atoms with Crippen molar-refractivity contribution in [1.29, 1.82) is 0 Å². The van der Waals surface area contributed by atoms with Crippen LogP contribution in [0.2, 0.25) is 0 Å². The van der Waals surface area contributed by atoms with Crippen LogP contribution in [0.5, 0.6) is 0 Å². The van der Waals surface area contributed by atoms with Crippen LogP contribution in [-0.4, -0.2) is 22.7 Å². The normalized spacial score (nSPS) is 14.3. The lowest BCUT2D eigenvalue weighted by Gasteiger charge is -2.13. The van der Waals surface area contributed by atoms with Crippen molar-refractivity contribution in [3.05, 3.63) is 69.6 Å². The molecule has 0 radical (unpaired) electrons. The third-order valence-electron chi connectivity index (χ3n) is 6.16. The van der Waals surface area contributed by atoms with Gasteiger partial charge in [-0.15, -0.1) is 0 Å². The van der Waals surface area contributed by atoms with E-state index in [0.717, 1.165) is 39.6 Å². The summed E-state index contributed by atoms with van der Waals surface area (Å²) in [7, 11) is 0. The van der Waals surface area contributed by atoms with E-state index < -0.39 is 5.91 Å². The lowest BCUT2D eigenvalue weighted by molar-refractivity contribution is -0.120. The highest BCUT2D eigenvalue weighted by Gasteiger charge is 2.28. The number of furan rings is 2. The molecule has 1 aromatic carbocycles. The number of hydrogen-bond acceptors (Lipinski definition) is 7. The zero-order valence-corrected chi connectivity index (χ0v) is 20.1. The summed E-state index contributed by atoms with van der Waals surface area (Å²) in [4.78, 5) is 25.5. The number of rotatable bonds is 5. The lowest BCUT2D eigenvalue weighted by Crippen LogP contribution is -2.23. The summed E-state index contributed by atoms with van der Waals surface area (Å²) in [6.07, 6.45) is 3.95. The Kier molecular flexibility index (Phi) is 5.76. The number of aromatic nitrogens is 1. The van der Waals surface area contributed by atoms with Gasteiger partial charge >= 0.3 is 0 Å². The number of carbonyl (C=O) groups is 2. The number of carbonyl (C=O) groups excluding carboxylic acids is 2. The molecule has 0 fully saturated rings. The Bertz CT molecular complexity index is 1490. The van der Waals surface area contributed by atoms with Gasteiger partial charge in [0.25, 0.3) is 5.91 Å².